The SMILES string of the molecule is COc1ccc2c(c1)c(CCNC(C)=O)cn2OC. The molecular weight excluding hydrogens is 244 g/mol. The van der Waals surface area contributed by atoms with Gasteiger partial charge in [-0.1, -0.05) is 0 Å². The zero-order chi connectivity index (χ0) is 13.8. The summed E-state index contributed by atoms with van der Waals surface area (Å²) in [6.45, 7) is 2.12. The molecule has 1 aromatic heterocycles. The third-order valence-corrected chi connectivity index (χ3v) is 3.03. The maximum absolute atomic E-state index is 10.9. The molecule has 0 bridgehead atoms. The van der Waals surface area contributed by atoms with E-state index in [9.17, 15) is 4.79 Å². The number of hydrogen-bond acceptors (Lipinski definition) is 3. The molecular formula is C14H18N2O3. The Labute approximate surface area is 112 Å². The van der Waals surface area contributed by atoms with Gasteiger partial charge in [0, 0.05) is 25.1 Å². The number of carbonyl (C=O) groups excluding carboxylic acids is 1. The number of methoxy groups -OCH3 is 1. The number of nitrogens with zero attached hydrogens (tertiary/aromatic N) is 1. The molecule has 5 heteroatoms. The molecule has 1 aromatic carbocycles. The van der Waals surface area contributed by atoms with Crippen molar-refractivity contribution < 1.29 is 14.4 Å². The minimum atomic E-state index is -0.0203. The second-order valence-electron chi connectivity index (χ2n) is 4.28. The molecule has 102 valence electrons. The molecule has 1 amide bonds. The van der Waals surface area contributed by atoms with E-state index in [1.807, 2.05) is 24.4 Å². The van der Waals surface area contributed by atoms with Gasteiger partial charge in [-0.25, -0.2) is 0 Å². The third kappa shape index (κ3) is 2.81. The number of fused-ring (bicyclic) bond motifs is 1. The maximum Gasteiger partial charge on any atom is 0.216 e. The Bertz CT molecular complexity index is 590. The number of hydrogen-bond donors (Lipinski definition) is 1. The third-order valence-electron chi connectivity index (χ3n) is 3.03. The van der Waals surface area contributed by atoms with Crippen LogP contribution in [-0.4, -0.2) is 31.4 Å². The highest BCUT2D eigenvalue weighted by Crippen LogP contribution is 2.25. The molecule has 2 aromatic rings. The van der Waals surface area contributed by atoms with E-state index in [0.717, 1.165) is 28.6 Å². The molecule has 0 saturated heterocycles. The van der Waals surface area contributed by atoms with Crippen LogP contribution in [0.4, 0.5) is 0 Å². The summed E-state index contributed by atoms with van der Waals surface area (Å²) in [6, 6.07) is 5.84. The van der Waals surface area contributed by atoms with E-state index in [-0.39, 0.29) is 5.91 Å². The lowest BCUT2D eigenvalue weighted by atomic mass is 10.1. The Balaban J connectivity index is 2.33. The summed E-state index contributed by atoms with van der Waals surface area (Å²) in [6.07, 6.45) is 2.69. The minimum absolute atomic E-state index is 0.0203. The topological polar surface area (TPSA) is 52.5 Å². The van der Waals surface area contributed by atoms with E-state index in [2.05, 4.69) is 5.32 Å². The standard InChI is InChI=1S/C14H18N2O3/c1-10(17)15-7-6-11-9-16(19-3)14-5-4-12(18-2)8-13(11)14/h4-5,8-9H,6-7H2,1-3H3,(H,15,17). The van der Waals surface area contributed by atoms with Gasteiger partial charge in [0.1, 0.15) is 12.9 Å². The smallest absolute Gasteiger partial charge is 0.216 e. The highest BCUT2D eigenvalue weighted by atomic mass is 16.6. The molecule has 2 rings (SSSR count). The average molecular weight is 262 g/mol. The largest absolute Gasteiger partial charge is 0.497 e. The predicted molar refractivity (Wildman–Crippen MR) is 73.4 cm³/mol. The van der Waals surface area contributed by atoms with Crippen LogP contribution in [0, 0.1) is 0 Å². The fraction of sp³-hybridized carbons (Fsp3) is 0.357. The van der Waals surface area contributed by atoms with Gasteiger partial charge < -0.3 is 14.9 Å². The molecule has 5 nitrogen and oxygen atoms in total. The van der Waals surface area contributed by atoms with Crippen molar-refractivity contribution in [1.82, 2.24) is 10.0 Å². The van der Waals surface area contributed by atoms with Crippen LogP contribution in [0.1, 0.15) is 12.5 Å². The van der Waals surface area contributed by atoms with Crippen LogP contribution in [0.3, 0.4) is 0 Å². The summed E-state index contributed by atoms with van der Waals surface area (Å²) in [7, 11) is 3.27. The summed E-state index contributed by atoms with van der Waals surface area (Å²) in [5, 5.41) is 3.87. The second-order valence-corrected chi connectivity index (χ2v) is 4.28. The van der Waals surface area contributed by atoms with Crippen molar-refractivity contribution in [2.24, 2.45) is 0 Å². The number of rotatable bonds is 5. The molecule has 0 aliphatic rings. The van der Waals surface area contributed by atoms with Crippen molar-refractivity contribution in [3.05, 3.63) is 30.0 Å². The molecule has 19 heavy (non-hydrogen) atoms. The molecule has 1 N–H and O–H groups in total. The summed E-state index contributed by atoms with van der Waals surface area (Å²) in [5.41, 5.74) is 2.10. The monoisotopic (exact) mass is 262 g/mol. The van der Waals surface area contributed by atoms with E-state index in [0.29, 0.717) is 6.54 Å². The van der Waals surface area contributed by atoms with Crippen molar-refractivity contribution in [3.8, 4) is 5.75 Å². The minimum Gasteiger partial charge on any atom is -0.497 e. The number of amides is 1. The van der Waals surface area contributed by atoms with Gasteiger partial charge in [0.05, 0.1) is 12.6 Å². The first-order valence-corrected chi connectivity index (χ1v) is 6.12. The Morgan fingerprint density at radius 1 is 1.37 bits per heavy atom. The molecule has 0 atom stereocenters. The number of ether oxygens (including phenoxy) is 1. The summed E-state index contributed by atoms with van der Waals surface area (Å²) < 4.78 is 6.96. The quantitative estimate of drug-likeness (QED) is 0.886. The van der Waals surface area contributed by atoms with E-state index >= 15 is 0 Å². The average Bonchev–Trinajstić information content (AvgIpc) is 2.76. The van der Waals surface area contributed by atoms with E-state index in [1.54, 1.807) is 19.0 Å². The zero-order valence-electron chi connectivity index (χ0n) is 11.4. The molecule has 0 fully saturated rings. The van der Waals surface area contributed by atoms with Crippen LogP contribution in [0.25, 0.3) is 10.9 Å². The fourth-order valence-corrected chi connectivity index (χ4v) is 2.10. The van der Waals surface area contributed by atoms with Crippen molar-refractivity contribution in [3.63, 3.8) is 0 Å². The summed E-state index contributed by atoms with van der Waals surface area (Å²) in [5.74, 6) is 0.787. The number of benzene rings is 1. The van der Waals surface area contributed by atoms with Crippen LogP contribution < -0.4 is 14.9 Å². The van der Waals surface area contributed by atoms with E-state index < -0.39 is 0 Å². The molecule has 0 spiro atoms. The van der Waals surface area contributed by atoms with Gasteiger partial charge in [-0.05, 0) is 30.2 Å². The molecule has 1 heterocycles. The highest BCUT2D eigenvalue weighted by Gasteiger charge is 2.10. The van der Waals surface area contributed by atoms with Crippen LogP contribution in [-0.2, 0) is 11.2 Å². The van der Waals surface area contributed by atoms with Gasteiger partial charge in [-0.2, -0.15) is 4.73 Å². The lowest BCUT2D eigenvalue weighted by Crippen LogP contribution is -2.22. The number of carbonyl (C=O) groups is 1. The normalized spacial score (nSPS) is 10.5. The Morgan fingerprint density at radius 3 is 2.79 bits per heavy atom. The Kier molecular flexibility index (Phi) is 3.94. The highest BCUT2D eigenvalue weighted by molar-refractivity contribution is 5.85. The first kappa shape index (κ1) is 13.3. The predicted octanol–water partition coefficient (Wildman–Crippen LogP) is 1.39. The van der Waals surface area contributed by atoms with Gasteiger partial charge in [0.25, 0.3) is 0 Å². The van der Waals surface area contributed by atoms with Gasteiger partial charge >= 0.3 is 0 Å². The van der Waals surface area contributed by atoms with Crippen molar-refractivity contribution >= 4 is 16.8 Å². The Hall–Kier alpha value is -2.17. The van der Waals surface area contributed by atoms with Gasteiger partial charge in [-0.3, -0.25) is 4.79 Å². The van der Waals surface area contributed by atoms with Crippen molar-refractivity contribution in [2.75, 3.05) is 20.8 Å². The molecule has 0 aliphatic heterocycles. The lowest BCUT2D eigenvalue weighted by molar-refractivity contribution is -0.118. The second kappa shape index (κ2) is 5.65. The first-order valence-electron chi connectivity index (χ1n) is 6.12. The summed E-state index contributed by atoms with van der Waals surface area (Å²) in [4.78, 5) is 16.2. The van der Waals surface area contributed by atoms with Gasteiger partial charge in [0.15, 0.2) is 0 Å². The van der Waals surface area contributed by atoms with Crippen molar-refractivity contribution in [2.45, 2.75) is 13.3 Å². The zero-order valence-corrected chi connectivity index (χ0v) is 11.4. The first-order chi connectivity index (χ1) is 9.15. The maximum atomic E-state index is 10.9. The molecule has 0 saturated carbocycles. The van der Waals surface area contributed by atoms with Crippen LogP contribution in [0.2, 0.25) is 0 Å². The van der Waals surface area contributed by atoms with Gasteiger partial charge in [0.2, 0.25) is 5.91 Å². The van der Waals surface area contributed by atoms with E-state index in [1.165, 1.54) is 6.92 Å². The summed E-state index contributed by atoms with van der Waals surface area (Å²) >= 11 is 0. The van der Waals surface area contributed by atoms with Crippen LogP contribution in [0.5, 0.6) is 5.75 Å². The lowest BCUT2D eigenvalue weighted by Gasteiger charge is -2.03. The van der Waals surface area contributed by atoms with Crippen LogP contribution in [0.15, 0.2) is 24.4 Å². The molecule has 0 aliphatic carbocycles. The molecule has 0 unspecified atom stereocenters. The van der Waals surface area contributed by atoms with E-state index in [4.69, 9.17) is 9.57 Å². The van der Waals surface area contributed by atoms with Gasteiger partial charge in [-0.15, -0.1) is 0 Å². The Morgan fingerprint density at radius 2 is 2.16 bits per heavy atom. The molecule has 0 radical (unpaired) electrons. The van der Waals surface area contributed by atoms with Crippen LogP contribution >= 0.6 is 0 Å². The van der Waals surface area contributed by atoms with Crippen molar-refractivity contribution in [1.29, 1.82) is 0 Å². The number of nitrogens with one attached hydrogen (secondary N) is 1. The number of aromatic nitrogens is 1. The fourth-order valence-electron chi connectivity index (χ4n) is 2.10.